The number of allylic oxidation sites excluding steroid dienone is 4. The zero-order chi connectivity index (χ0) is 48.2. The van der Waals surface area contributed by atoms with Crippen LogP contribution in [0.15, 0.2) is 188 Å². The average molecular weight is 919 g/mol. The molecule has 334 valence electrons. The zero-order valence-corrected chi connectivity index (χ0v) is 38.6. The molecular formula is C64H38N8. The van der Waals surface area contributed by atoms with Crippen LogP contribution in [0.4, 0.5) is 11.4 Å². The molecule has 14 rings (SSSR count). The average Bonchev–Trinajstić information content (AvgIpc) is 4.17. The summed E-state index contributed by atoms with van der Waals surface area (Å²) in [5.74, 6) is 0.146. The quantitative estimate of drug-likeness (QED) is 0.171. The SMILES string of the molecule is N#Cc1cc(C#N)c(-n2c3ccccc3c3c(C4C=c5c(n(-c6cc(-n7c8ccccc8c8ccccc87)c(C#N)cc6C#N)c6ccccc56)=CC4)cccc32)cc1N1C2=CC=CCC2c2ccccc21. The third kappa shape index (κ3) is 5.70. The molecule has 0 saturated heterocycles. The van der Waals surface area contributed by atoms with Gasteiger partial charge in [0.05, 0.1) is 72.6 Å². The van der Waals surface area contributed by atoms with E-state index >= 15 is 0 Å². The summed E-state index contributed by atoms with van der Waals surface area (Å²) in [5, 5.41) is 50.5. The molecule has 3 aliphatic rings. The van der Waals surface area contributed by atoms with Crippen molar-refractivity contribution < 1.29 is 0 Å². The fourth-order valence-corrected chi connectivity index (χ4v) is 12.2. The van der Waals surface area contributed by atoms with E-state index in [2.05, 4.69) is 170 Å². The van der Waals surface area contributed by atoms with E-state index in [4.69, 9.17) is 0 Å². The van der Waals surface area contributed by atoms with Gasteiger partial charge < -0.3 is 18.6 Å². The van der Waals surface area contributed by atoms with E-state index in [0.717, 1.165) is 94.1 Å². The first-order chi connectivity index (χ1) is 35.6. The normalized spacial score (nSPS) is 15.6. The molecule has 0 fully saturated rings. The Kier molecular flexibility index (Phi) is 8.92. The molecule has 4 heterocycles. The minimum Gasteiger partial charge on any atom is -0.312 e. The van der Waals surface area contributed by atoms with Crippen molar-refractivity contribution in [1.82, 2.24) is 13.7 Å². The number of hydrogen-bond donors (Lipinski definition) is 0. The minimum atomic E-state index is -0.0272. The highest BCUT2D eigenvalue weighted by Crippen LogP contribution is 2.52. The van der Waals surface area contributed by atoms with Crippen molar-refractivity contribution in [2.45, 2.75) is 24.7 Å². The Hall–Kier alpha value is -10.1. The highest BCUT2D eigenvalue weighted by molar-refractivity contribution is 6.12. The van der Waals surface area contributed by atoms with Crippen LogP contribution >= 0.6 is 0 Å². The molecular weight excluding hydrogens is 881 g/mol. The number of nitrogens with zero attached hydrogens (tertiary/aromatic N) is 8. The van der Waals surface area contributed by atoms with Gasteiger partial charge in [-0.05, 0) is 90.7 Å². The topological polar surface area (TPSA) is 113 Å². The smallest absolute Gasteiger partial charge is 0.101 e. The fraction of sp³-hybridized carbons (Fsp3) is 0.0625. The van der Waals surface area contributed by atoms with Gasteiger partial charge in [-0.15, -0.1) is 0 Å². The van der Waals surface area contributed by atoms with Crippen molar-refractivity contribution in [2.75, 3.05) is 4.90 Å². The summed E-state index contributed by atoms with van der Waals surface area (Å²) in [6.07, 6.45) is 12.7. The number of aromatic nitrogens is 3. The number of benzene rings is 8. The number of fused-ring (bicyclic) bond motifs is 12. The molecule has 1 aliphatic heterocycles. The molecule has 3 aromatic heterocycles. The van der Waals surface area contributed by atoms with E-state index in [1.165, 1.54) is 5.56 Å². The van der Waals surface area contributed by atoms with Gasteiger partial charge in [-0.2, -0.15) is 21.0 Å². The summed E-state index contributed by atoms with van der Waals surface area (Å²) in [6, 6.07) is 65.6. The number of anilines is 2. The van der Waals surface area contributed by atoms with Crippen LogP contribution in [-0.2, 0) is 0 Å². The first kappa shape index (κ1) is 40.9. The Morgan fingerprint density at radius 2 is 0.931 bits per heavy atom. The molecule has 0 saturated carbocycles. The van der Waals surface area contributed by atoms with Crippen molar-refractivity contribution in [3.8, 4) is 41.3 Å². The van der Waals surface area contributed by atoms with Crippen LogP contribution in [0.5, 0.6) is 0 Å². The Morgan fingerprint density at radius 1 is 0.431 bits per heavy atom. The van der Waals surface area contributed by atoms with E-state index in [9.17, 15) is 21.0 Å². The van der Waals surface area contributed by atoms with E-state index < -0.39 is 0 Å². The maximum atomic E-state index is 10.9. The van der Waals surface area contributed by atoms with Crippen LogP contribution in [-0.4, -0.2) is 13.7 Å². The molecule has 8 nitrogen and oxygen atoms in total. The van der Waals surface area contributed by atoms with Crippen LogP contribution < -0.4 is 15.5 Å². The summed E-state index contributed by atoms with van der Waals surface area (Å²) < 4.78 is 6.56. The summed E-state index contributed by atoms with van der Waals surface area (Å²) >= 11 is 0. The molecule has 72 heavy (non-hydrogen) atoms. The Labute approximate surface area is 413 Å². The second-order valence-electron chi connectivity index (χ2n) is 18.8. The Bertz CT molecular complexity index is 4550. The third-order valence-electron chi connectivity index (χ3n) is 15.2. The Balaban J connectivity index is 0.963. The predicted octanol–water partition coefficient (Wildman–Crippen LogP) is 13.1. The summed E-state index contributed by atoms with van der Waals surface area (Å²) in [7, 11) is 0. The molecule has 8 aromatic carbocycles. The molecule has 11 aromatic rings. The lowest BCUT2D eigenvalue weighted by molar-refractivity contribution is 0.819. The number of rotatable bonds is 5. The van der Waals surface area contributed by atoms with Gasteiger partial charge in [0, 0.05) is 60.7 Å². The van der Waals surface area contributed by atoms with Crippen molar-refractivity contribution in [3.05, 3.63) is 232 Å². The van der Waals surface area contributed by atoms with Crippen LogP contribution in [0.1, 0.15) is 58.1 Å². The fourth-order valence-electron chi connectivity index (χ4n) is 12.2. The van der Waals surface area contributed by atoms with Gasteiger partial charge in [-0.25, -0.2) is 0 Å². The lowest BCUT2D eigenvalue weighted by Crippen LogP contribution is -2.32. The molecule has 0 spiro atoms. The van der Waals surface area contributed by atoms with E-state index in [0.29, 0.717) is 45.7 Å². The van der Waals surface area contributed by atoms with Crippen LogP contribution in [0.3, 0.4) is 0 Å². The number of para-hydroxylation sites is 5. The number of nitriles is 4. The monoisotopic (exact) mass is 918 g/mol. The molecule has 8 heteroatoms. The first-order valence-electron chi connectivity index (χ1n) is 24.1. The second-order valence-corrected chi connectivity index (χ2v) is 18.8. The molecule has 0 amide bonds. The highest BCUT2D eigenvalue weighted by atomic mass is 15.2. The summed E-state index contributed by atoms with van der Waals surface area (Å²) in [4.78, 5) is 2.22. The lowest BCUT2D eigenvalue weighted by Gasteiger charge is -2.26. The van der Waals surface area contributed by atoms with Crippen LogP contribution in [0.2, 0.25) is 0 Å². The number of hydrogen-bond acceptors (Lipinski definition) is 5. The highest BCUT2D eigenvalue weighted by Gasteiger charge is 2.36. The summed E-state index contributed by atoms with van der Waals surface area (Å²) in [6.45, 7) is 0. The van der Waals surface area contributed by atoms with E-state index in [1.807, 2.05) is 54.6 Å². The van der Waals surface area contributed by atoms with Gasteiger partial charge in [0.2, 0.25) is 0 Å². The predicted molar refractivity (Wildman–Crippen MR) is 286 cm³/mol. The van der Waals surface area contributed by atoms with Gasteiger partial charge in [0.1, 0.15) is 24.3 Å². The second kappa shape index (κ2) is 15.7. The van der Waals surface area contributed by atoms with Crippen LogP contribution in [0, 0.1) is 45.3 Å². The van der Waals surface area contributed by atoms with Gasteiger partial charge >= 0.3 is 0 Å². The van der Waals surface area contributed by atoms with Gasteiger partial charge in [-0.3, -0.25) is 0 Å². The minimum absolute atomic E-state index is 0.0272. The maximum absolute atomic E-state index is 10.9. The van der Waals surface area contributed by atoms with Crippen molar-refractivity contribution in [3.63, 3.8) is 0 Å². The molecule has 0 N–H and O–H groups in total. The first-order valence-corrected chi connectivity index (χ1v) is 24.1. The van der Waals surface area contributed by atoms with Crippen molar-refractivity contribution in [2.24, 2.45) is 0 Å². The zero-order valence-electron chi connectivity index (χ0n) is 38.6. The molecule has 2 aliphatic carbocycles. The van der Waals surface area contributed by atoms with Gasteiger partial charge in [-0.1, -0.05) is 127 Å². The molecule has 0 radical (unpaired) electrons. The Morgan fingerprint density at radius 3 is 1.60 bits per heavy atom. The van der Waals surface area contributed by atoms with Crippen LogP contribution in [0.25, 0.3) is 83.7 Å². The summed E-state index contributed by atoms with van der Waals surface area (Å²) in [5.41, 5.74) is 14.0. The molecule has 2 atom stereocenters. The van der Waals surface area contributed by atoms with E-state index in [-0.39, 0.29) is 11.8 Å². The standard InChI is InChI=1S/C64H38N8/c65-35-40-30-42(37-67)62(33-60(40)69-52-21-7-1-14-45(52)46-15-2-8-22-53(46)69)71-56-25-11-5-18-49(56)51-32-39(28-29-58(51)71)44-20-13-27-59-64(44)50-19-6-12-26-57(50)72(59)63-34-61(41(36-66)31-43(63)38-68)70-54-23-9-3-16-47(54)48-17-4-10-24-55(48)70/h1-16,18-27,29-34,39,48H,17,28H2. The van der Waals surface area contributed by atoms with E-state index in [1.54, 1.807) is 12.1 Å². The largest absolute Gasteiger partial charge is 0.312 e. The third-order valence-corrected chi connectivity index (χ3v) is 15.2. The van der Waals surface area contributed by atoms with Crippen molar-refractivity contribution >= 4 is 78.0 Å². The van der Waals surface area contributed by atoms with Crippen molar-refractivity contribution in [1.29, 1.82) is 21.0 Å². The van der Waals surface area contributed by atoms with Gasteiger partial charge in [0.25, 0.3) is 0 Å². The maximum Gasteiger partial charge on any atom is 0.101 e. The molecule has 2 unspecified atom stereocenters. The lowest BCUT2D eigenvalue weighted by atomic mass is 9.88. The van der Waals surface area contributed by atoms with Gasteiger partial charge in [0.15, 0.2) is 0 Å². The molecule has 0 bridgehead atoms.